The summed E-state index contributed by atoms with van der Waals surface area (Å²) in [5, 5.41) is 5.06. The number of hydrogen-bond donors (Lipinski definition) is 2. The fourth-order valence-corrected chi connectivity index (χ4v) is 5.35. The average molecular weight is 485 g/mol. The van der Waals surface area contributed by atoms with Crippen molar-refractivity contribution in [1.82, 2.24) is 19.8 Å². The van der Waals surface area contributed by atoms with Crippen LogP contribution in [-0.2, 0) is 29.1 Å². The smallest absolute Gasteiger partial charge is 0.309 e. The lowest BCUT2D eigenvalue weighted by Gasteiger charge is -2.26. The maximum Gasteiger partial charge on any atom is 0.309 e. The molecule has 0 saturated carbocycles. The molecule has 2 saturated heterocycles. The summed E-state index contributed by atoms with van der Waals surface area (Å²) in [5.41, 5.74) is 0.689. The molecule has 2 aliphatic heterocycles. The fourth-order valence-electron chi connectivity index (χ4n) is 3.76. The summed E-state index contributed by atoms with van der Waals surface area (Å²) in [7, 11) is -2.33. The van der Waals surface area contributed by atoms with Crippen molar-refractivity contribution in [3.63, 3.8) is 0 Å². The molecule has 2 aliphatic rings. The Kier molecular flexibility index (Phi) is 9.03. The minimum Gasteiger partial charge on any atom is -0.496 e. The molecule has 2 amide bonds. The van der Waals surface area contributed by atoms with E-state index in [1.807, 2.05) is 0 Å². The van der Waals surface area contributed by atoms with Crippen molar-refractivity contribution in [2.45, 2.75) is 24.5 Å². The number of hydrogen-bond acceptors (Lipinski definition) is 8. The Morgan fingerprint density at radius 3 is 2.55 bits per heavy atom. The van der Waals surface area contributed by atoms with E-state index in [0.717, 1.165) is 26.1 Å². The highest BCUT2D eigenvalue weighted by Crippen LogP contribution is 2.26. The van der Waals surface area contributed by atoms with Crippen LogP contribution in [0.4, 0.5) is 0 Å². The third kappa shape index (κ3) is 6.64. The highest BCUT2D eigenvalue weighted by Gasteiger charge is 2.37. The predicted molar refractivity (Wildman–Crippen MR) is 119 cm³/mol. The molecular formula is C21H32N4O7S. The van der Waals surface area contributed by atoms with Crippen LogP contribution in [0.2, 0.25) is 0 Å². The second-order valence-corrected chi connectivity index (χ2v) is 9.74. The Morgan fingerprint density at radius 1 is 1.12 bits per heavy atom. The van der Waals surface area contributed by atoms with Crippen LogP contribution in [0.15, 0.2) is 23.1 Å². The van der Waals surface area contributed by atoms with E-state index in [2.05, 4.69) is 15.5 Å². The van der Waals surface area contributed by atoms with Crippen LogP contribution in [0.1, 0.15) is 12.0 Å². The number of amides is 2. The molecule has 0 unspecified atom stereocenters. The number of benzene rings is 1. The first-order chi connectivity index (χ1) is 15.8. The number of carbonyl (C=O) groups excluding carboxylic acids is 2. The van der Waals surface area contributed by atoms with Gasteiger partial charge in [-0.25, -0.2) is 8.42 Å². The molecule has 11 nitrogen and oxygen atoms in total. The monoisotopic (exact) mass is 484 g/mol. The Hall–Kier alpha value is -2.25. The largest absolute Gasteiger partial charge is 0.496 e. The molecule has 184 valence electrons. The molecule has 0 radical (unpaired) electrons. The van der Waals surface area contributed by atoms with Crippen LogP contribution in [0.5, 0.6) is 5.75 Å². The maximum absolute atomic E-state index is 13.1. The second-order valence-electron chi connectivity index (χ2n) is 7.85. The van der Waals surface area contributed by atoms with Crippen molar-refractivity contribution in [3.8, 4) is 5.75 Å². The van der Waals surface area contributed by atoms with Gasteiger partial charge in [-0.1, -0.05) is 0 Å². The highest BCUT2D eigenvalue weighted by atomic mass is 32.2. The van der Waals surface area contributed by atoms with Gasteiger partial charge < -0.3 is 24.8 Å². The van der Waals surface area contributed by atoms with Crippen LogP contribution in [0.25, 0.3) is 0 Å². The van der Waals surface area contributed by atoms with Gasteiger partial charge in [-0.3, -0.25) is 14.5 Å². The zero-order valence-electron chi connectivity index (χ0n) is 19.0. The fraction of sp³-hybridized carbons (Fsp3) is 0.619. The SMILES string of the molecule is COc1ccc(S(=O)(=O)N2CCO[C@@H]2CNC(=O)C(=O)NCCCN2CCOCC2)cc1C. The molecule has 2 N–H and O–H groups in total. The number of aryl methyl sites for hydroxylation is 1. The average Bonchev–Trinajstić information content (AvgIpc) is 3.30. The van der Waals surface area contributed by atoms with Gasteiger partial charge >= 0.3 is 11.8 Å². The van der Waals surface area contributed by atoms with Crippen molar-refractivity contribution in [2.75, 3.05) is 66.2 Å². The van der Waals surface area contributed by atoms with Crippen molar-refractivity contribution in [1.29, 1.82) is 0 Å². The van der Waals surface area contributed by atoms with E-state index in [4.69, 9.17) is 14.2 Å². The molecule has 3 rings (SSSR count). The molecule has 1 aromatic rings. The lowest BCUT2D eigenvalue weighted by molar-refractivity contribution is -0.139. The lowest BCUT2D eigenvalue weighted by Crippen LogP contribution is -2.47. The first-order valence-corrected chi connectivity index (χ1v) is 12.4. The molecule has 1 aromatic carbocycles. The number of nitrogens with one attached hydrogen (secondary N) is 2. The minimum absolute atomic E-state index is 0.112. The van der Waals surface area contributed by atoms with Gasteiger partial charge in [0.25, 0.3) is 0 Å². The number of sulfonamides is 1. The summed E-state index contributed by atoms with van der Waals surface area (Å²) in [5.74, 6) is -0.990. The number of ether oxygens (including phenoxy) is 3. The summed E-state index contributed by atoms with van der Waals surface area (Å²) in [6.07, 6.45) is -0.173. The van der Waals surface area contributed by atoms with E-state index < -0.39 is 28.1 Å². The number of morpholine rings is 1. The first kappa shape index (κ1) is 25.4. The van der Waals surface area contributed by atoms with E-state index in [1.54, 1.807) is 13.0 Å². The number of carbonyl (C=O) groups is 2. The van der Waals surface area contributed by atoms with Crippen LogP contribution in [0, 0.1) is 6.92 Å². The summed E-state index contributed by atoms with van der Waals surface area (Å²) < 4.78 is 43.3. The summed E-state index contributed by atoms with van der Waals surface area (Å²) in [6.45, 7) is 6.33. The van der Waals surface area contributed by atoms with Crippen molar-refractivity contribution < 1.29 is 32.2 Å². The zero-order chi connectivity index (χ0) is 23.8. The van der Waals surface area contributed by atoms with E-state index >= 15 is 0 Å². The normalized spacial score (nSPS) is 19.9. The molecule has 2 fully saturated rings. The summed E-state index contributed by atoms with van der Waals surface area (Å²) in [4.78, 5) is 26.6. The summed E-state index contributed by atoms with van der Waals surface area (Å²) >= 11 is 0. The van der Waals surface area contributed by atoms with Crippen LogP contribution in [0.3, 0.4) is 0 Å². The maximum atomic E-state index is 13.1. The van der Waals surface area contributed by atoms with Gasteiger partial charge in [0.1, 0.15) is 12.0 Å². The van der Waals surface area contributed by atoms with Gasteiger partial charge in [0.2, 0.25) is 10.0 Å². The quantitative estimate of drug-likeness (QED) is 0.348. The molecule has 12 heteroatoms. The van der Waals surface area contributed by atoms with E-state index in [0.29, 0.717) is 31.1 Å². The molecule has 0 aliphatic carbocycles. The molecule has 2 heterocycles. The van der Waals surface area contributed by atoms with Crippen molar-refractivity contribution in [3.05, 3.63) is 23.8 Å². The third-order valence-corrected chi connectivity index (χ3v) is 7.48. The molecular weight excluding hydrogens is 452 g/mol. The van der Waals surface area contributed by atoms with Gasteiger partial charge in [-0.15, -0.1) is 0 Å². The topological polar surface area (TPSA) is 127 Å². The van der Waals surface area contributed by atoms with Crippen LogP contribution in [-0.4, -0.2) is 102 Å². The molecule has 0 bridgehead atoms. The van der Waals surface area contributed by atoms with Gasteiger partial charge in [0, 0.05) is 26.2 Å². The van der Waals surface area contributed by atoms with E-state index in [-0.39, 0.29) is 24.6 Å². The van der Waals surface area contributed by atoms with Crippen LogP contribution >= 0.6 is 0 Å². The molecule has 1 atom stereocenters. The second kappa shape index (κ2) is 11.7. The van der Waals surface area contributed by atoms with Crippen LogP contribution < -0.4 is 15.4 Å². The molecule has 0 spiro atoms. The van der Waals surface area contributed by atoms with E-state index in [9.17, 15) is 18.0 Å². The first-order valence-electron chi connectivity index (χ1n) is 11.0. The predicted octanol–water partition coefficient (Wildman–Crippen LogP) is -0.695. The standard InChI is InChI=1S/C21H32N4O7S/c1-16-14-17(4-5-18(16)30-2)33(28,29)25-10-13-32-19(25)15-23-21(27)20(26)22-6-3-7-24-8-11-31-12-9-24/h4-5,14,19H,3,6-13,15H2,1-2H3,(H,22,26)(H,23,27)/t19-/m1/s1. The number of nitrogens with zero attached hydrogens (tertiary/aromatic N) is 2. The molecule has 0 aromatic heterocycles. The Balaban J connectivity index is 1.47. The third-order valence-electron chi connectivity index (χ3n) is 5.60. The van der Waals surface area contributed by atoms with Crippen molar-refractivity contribution >= 4 is 21.8 Å². The highest BCUT2D eigenvalue weighted by molar-refractivity contribution is 7.89. The van der Waals surface area contributed by atoms with Gasteiger partial charge in [-0.2, -0.15) is 4.31 Å². The Bertz CT molecular complexity index is 935. The van der Waals surface area contributed by atoms with Gasteiger partial charge in [-0.05, 0) is 43.7 Å². The zero-order valence-corrected chi connectivity index (χ0v) is 19.9. The Morgan fingerprint density at radius 2 is 1.85 bits per heavy atom. The van der Waals surface area contributed by atoms with E-state index in [1.165, 1.54) is 23.5 Å². The number of rotatable bonds is 9. The van der Waals surface area contributed by atoms with Crippen molar-refractivity contribution in [2.24, 2.45) is 0 Å². The molecule has 33 heavy (non-hydrogen) atoms. The number of methoxy groups -OCH3 is 1. The Labute approximate surface area is 194 Å². The van der Waals surface area contributed by atoms with Gasteiger partial charge in [0.15, 0.2) is 0 Å². The van der Waals surface area contributed by atoms with Gasteiger partial charge in [0.05, 0.1) is 38.4 Å². The summed E-state index contributed by atoms with van der Waals surface area (Å²) in [6, 6.07) is 4.60. The minimum atomic E-state index is -3.84. The lowest BCUT2D eigenvalue weighted by atomic mass is 10.2.